The molecule has 0 atom stereocenters. The molecule has 0 amide bonds. The lowest BCUT2D eigenvalue weighted by atomic mass is 9.83. The third kappa shape index (κ3) is 10.7. The summed E-state index contributed by atoms with van der Waals surface area (Å²) in [5, 5.41) is 1.29. The Morgan fingerprint density at radius 3 is 1.33 bits per heavy atom. The maximum Gasteiger partial charge on any atom is 0.264 e. The van der Waals surface area contributed by atoms with Crippen LogP contribution in [0.5, 0.6) is 0 Å². The Hall–Kier alpha value is -4.53. The van der Waals surface area contributed by atoms with Gasteiger partial charge in [0.15, 0.2) is 0 Å². The van der Waals surface area contributed by atoms with Gasteiger partial charge in [0.2, 0.25) is 17.1 Å². The van der Waals surface area contributed by atoms with Gasteiger partial charge in [0.25, 0.3) is 20.2 Å². The minimum atomic E-state index is -4.07. The zero-order chi connectivity index (χ0) is 44.5. The van der Waals surface area contributed by atoms with Gasteiger partial charge < -0.3 is 15.3 Å². The smallest absolute Gasteiger partial charge is 0.264 e. The van der Waals surface area contributed by atoms with Gasteiger partial charge in [-0.2, -0.15) is 21.4 Å². The first-order chi connectivity index (χ1) is 29.3. The topological polar surface area (TPSA) is 148 Å². The number of unbranched alkanes of at least 4 members (excludes halogenated alkanes) is 2. The number of para-hydroxylation sites is 2. The number of hydrogen-bond acceptors (Lipinski definition) is 7. The first-order valence-corrected chi connectivity index (χ1v) is 25.0. The molecule has 0 saturated heterocycles. The van der Waals surface area contributed by atoms with Crippen LogP contribution in [-0.2, 0) is 31.1 Å². The summed E-state index contributed by atoms with van der Waals surface area (Å²) in [6.07, 6.45) is 12.2. The van der Waals surface area contributed by atoms with Crippen molar-refractivity contribution in [2.24, 2.45) is 0 Å². The molecule has 7 rings (SSSR count). The highest BCUT2D eigenvalue weighted by Gasteiger charge is 2.42. The number of hydrogen-bond donors (Lipinski definition) is 2. The van der Waals surface area contributed by atoms with E-state index in [1.807, 2.05) is 72.8 Å². The second-order valence-electron chi connectivity index (χ2n) is 17.2. The summed E-state index contributed by atoms with van der Waals surface area (Å²) >= 11 is 13.1. The summed E-state index contributed by atoms with van der Waals surface area (Å²) in [6, 6.07) is 32.5. The zero-order valence-electron chi connectivity index (χ0n) is 36.0. The van der Waals surface area contributed by atoms with Gasteiger partial charge in [0, 0.05) is 92.1 Å². The van der Waals surface area contributed by atoms with E-state index in [1.54, 1.807) is 0 Å². The monoisotopic (exact) mass is 931 g/mol. The van der Waals surface area contributed by atoms with E-state index < -0.39 is 31.1 Å². The van der Waals surface area contributed by atoms with E-state index in [9.17, 15) is 25.9 Å². The highest BCUT2D eigenvalue weighted by atomic mass is 35.5. The highest BCUT2D eigenvalue weighted by molar-refractivity contribution is 7.86. The average Bonchev–Trinajstić information content (AvgIpc) is 3.77. The average molecular weight is 933 g/mol. The molecule has 3 aliphatic rings. The Morgan fingerprint density at radius 1 is 0.587 bits per heavy atom. The summed E-state index contributed by atoms with van der Waals surface area (Å²) in [6.45, 7) is 9.87. The highest BCUT2D eigenvalue weighted by Crippen LogP contribution is 2.50. The van der Waals surface area contributed by atoms with E-state index in [-0.39, 0.29) is 17.0 Å². The van der Waals surface area contributed by atoms with Gasteiger partial charge in [0.1, 0.15) is 0 Å². The van der Waals surface area contributed by atoms with Crippen LogP contribution in [0.25, 0.3) is 0 Å². The molecule has 0 radical (unpaired) electrons. The van der Waals surface area contributed by atoms with Crippen LogP contribution >= 0.6 is 23.2 Å². The fraction of sp³-hybridized carbons (Fsp3) is 0.327. The van der Waals surface area contributed by atoms with Gasteiger partial charge in [-0.05, 0) is 98.2 Å². The molecule has 3 N–H and O–H groups in total. The van der Waals surface area contributed by atoms with Gasteiger partial charge in [-0.25, -0.2) is 0 Å². The Morgan fingerprint density at radius 2 is 0.968 bits per heavy atom. The third-order valence-corrected chi connectivity index (χ3v) is 14.3. The Labute approximate surface area is 382 Å². The molecule has 14 heteroatoms. The van der Waals surface area contributed by atoms with Crippen LogP contribution in [0.1, 0.15) is 77.3 Å². The molecule has 0 spiro atoms. The molecule has 334 valence electrons. The summed E-state index contributed by atoms with van der Waals surface area (Å²) in [5.74, 6) is -0.579. The number of benzene rings is 4. The van der Waals surface area contributed by atoms with Gasteiger partial charge >= 0.3 is 0 Å². The number of nitrogens with zero attached hydrogens (tertiary/aromatic N) is 3. The van der Waals surface area contributed by atoms with E-state index in [1.165, 1.54) is 0 Å². The maximum absolute atomic E-state index is 11.6. The number of fused-ring (bicyclic) bond motifs is 2. The second kappa shape index (κ2) is 19.3. The molecule has 4 aromatic carbocycles. The fourth-order valence-corrected chi connectivity index (χ4v) is 10.6. The van der Waals surface area contributed by atoms with E-state index >= 15 is 0 Å². The largest absolute Gasteiger partial charge is 0.870 e. The third-order valence-electron chi connectivity index (χ3n) is 12.2. The Kier molecular flexibility index (Phi) is 14.7. The molecule has 0 aromatic heterocycles. The molecular formula is C49H55Cl2N3O7S2. The summed E-state index contributed by atoms with van der Waals surface area (Å²) in [5.41, 5.74) is 10.9. The van der Waals surface area contributed by atoms with Crippen LogP contribution < -0.4 is 14.4 Å². The van der Waals surface area contributed by atoms with Crippen molar-refractivity contribution >= 4 is 71.9 Å². The molecule has 0 unspecified atom stereocenters. The second-order valence-corrected chi connectivity index (χ2v) is 21.2. The summed E-state index contributed by atoms with van der Waals surface area (Å²) < 4.78 is 67.5. The van der Waals surface area contributed by atoms with Crippen molar-refractivity contribution < 1.29 is 31.4 Å². The first kappa shape index (κ1) is 47.9. The SMILES string of the molecule is CC1(C)C(=CC=C2CCC(=CC=C3N(CCCCS(=O)(=O)O)c4ccc(Cl)cc4C3(C)C)C2=[N+](c2ccccc2)c2ccccc2)N(CCCCS(=O)(=O)O)c2ccc(Cl)cc21.[OH-]. The lowest BCUT2D eigenvalue weighted by Gasteiger charge is -2.27. The predicted molar refractivity (Wildman–Crippen MR) is 258 cm³/mol. The fourth-order valence-electron chi connectivity index (χ4n) is 9.13. The molecule has 0 bridgehead atoms. The van der Waals surface area contributed by atoms with Gasteiger partial charge in [-0.3, -0.25) is 9.11 Å². The normalized spacial score (nSPS) is 19.3. The van der Waals surface area contributed by atoms with Crippen molar-refractivity contribution in [3.8, 4) is 0 Å². The van der Waals surface area contributed by atoms with Crippen molar-refractivity contribution in [2.75, 3.05) is 34.4 Å². The number of halogens is 2. The van der Waals surface area contributed by atoms with Gasteiger partial charge in [0.05, 0.1) is 11.5 Å². The van der Waals surface area contributed by atoms with Crippen molar-refractivity contribution in [2.45, 2.75) is 77.0 Å². The maximum atomic E-state index is 11.6. The van der Waals surface area contributed by atoms with Crippen LogP contribution in [0.15, 0.2) is 144 Å². The lowest BCUT2D eigenvalue weighted by molar-refractivity contribution is 0.478. The van der Waals surface area contributed by atoms with Crippen LogP contribution in [0, 0.1) is 0 Å². The van der Waals surface area contributed by atoms with Gasteiger partial charge in [-0.15, -0.1) is 0 Å². The van der Waals surface area contributed by atoms with Crippen molar-refractivity contribution in [3.05, 3.63) is 165 Å². The van der Waals surface area contributed by atoms with Crippen LogP contribution in [0.2, 0.25) is 10.0 Å². The zero-order valence-corrected chi connectivity index (χ0v) is 39.2. The van der Waals surface area contributed by atoms with Crippen LogP contribution in [0.4, 0.5) is 22.7 Å². The molecule has 4 aromatic rings. The van der Waals surface area contributed by atoms with E-state index in [0.29, 0.717) is 48.8 Å². The standard InChI is InChI=1S/C49H53Cl2N3O6S2.H2O/c1-48(2)41-33-37(50)23-25-43(41)52(29-11-13-31-61(55,56)57)45(48)27-21-35-19-20-36(47(35)54(39-15-7-5-8-16-39)40-17-9-6-10-18-40)22-28-46-49(3,4)42-34-38(51)24-26-44(42)53(46)30-12-14-32-62(58,59)60;/h5-10,15-18,21-28,33-34H,11-14,19-20,29-32H2,1-4H3,(H-,55,56,57,58,59,60);1H2. The minimum Gasteiger partial charge on any atom is -0.870 e. The summed E-state index contributed by atoms with van der Waals surface area (Å²) in [4.78, 5) is 4.51. The quantitative estimate of drug-likeness (QED) is 0.0716. The van der Waals surface area contributed by atoms with E-state index in [2.05, 4.69) is 90.6 Å². The lowest BCUT2D eigenvalue weighted by Crippen LogP contribution is -2.27. The molecule has 1 aliphatic carbocycles. The predicted octanol–water partition coefficient (Wildman–Crippen LogP) is 11.4. The van der Waals surface area contributed by atoms with E-state index in [4.69, 9.17) is 23.2 Å². The van der Waals surface area contributed by atoms with Crippen molar-refractivity contribution in [1.29, 1.82) is 0 Å². The molecule has 10 nitrogen and oxygen atoms in total. The Bertz CT molecular complexity index is 2540. The summed E-state index contributed by atoms with van der Waals surface area (Å²) in [7, 11) is -8.14. The minimum absolute atomic E-state index is 0. The van der Waals surface area contributed by atoms with Gasteiger partial charge in [-0.1, -0.05) is 99.4 Å². The first-order valence-electron chi connectivity index (χ1n) is 21.0. The van der Waals surface area contributed by atoms with Crippen molar-refractivity contribution in [3.63, 3.8) is 0 Å². The number of rotatable bonds is 14. The molecular weight excluding hydrogens is 878 g/mol. The van der Waals surface area contributed by atoms with Crippen LogP contribution in [0.3, 0.4) is 0 Å². The molecule has 63 heavy (non-hydrogen) atoms. The number of anilines is 2. The van der Waals surface area contributed by atoms with Crippen molar-refractivity contribution in [1.82, 2.24) is 4.58 Å². The molecule has 1 fully saturated rings. The van der Waals surface area contributed by atoms with Crippen LogP contribution in [-0.4, -0.2) is 61.7 Å². The number of allylic oxidation sites excluding steroid dienone is 8. The Balaban J connectivity index is 0.00000661. The molecule has 2 heterocycles. The molecule has 2 aliphatic heterocycles. The molecule has 1 saturated carbocycles. The van der Waals surface area contributed by atoms with E-state index in [0.717, 1.165) is 75.0 Å².